The van der Waals surface area contributed by atoms with Crippen molar-refractivity contribution in [3.05, 3.63) is 66.2 Å². The van der Waals surface area contributed by atoms with Gasteiger partial charge in [0.2, 0.25) is 5.91 Å². The molecule has 1 amide bonds. The topological polar surface area (TPSA) is 29.1 Å². The van der Waals surface area contributed by atoms with E-state index >= 15 is 0 Å². The third kappa shape index (κ3) is 4.04. The molecule has 0 saturated heterocycles. The molecule has 0 bridgehead atoms. The van der Waals surface area contributed by atoms with E-state index in [0.717, 1.165) is 0 Å². The zero-order chi connectivity index (χ0) is 13.0. The Bertz CT molecular complexity index is 528. The van der Waals surface area contributed by atoms with Gasteiger partial charge in [-0.05, 0) is 12.5 Å². The molecular weight excluding hydrogens is 299 g/mol. The van der Waals surface area contributed by atoms with Gasteiger partial charge in [0.25, 0.3) is 0 Å². The maximum atomic E-state index is 12.1. The monoisotopic (exact) mass is 314 g/mol. The summed E-state index contributed by atoms with van der Waals surface area (Å²) in [6, 6.07) is 19.1. The quantitative estimate of drug-likeness (QED) is 0.866. The maximum Gasteiger partial charge on any atom is 0.229 e. The van der Waals surface area contributed by atoms with E-state index in [2.05, 4.69) is 11.4 Å². The van der Waals surface area contributed by atoms with Gasteiger partial charge in [-0.1, -0.05) is 36.0 Å². The molecule has 0 heterocycles. The number of carbonyl (C=O) groups is 1. The Kier molecular flexibility index (Phi) is 5.56. The Labute approximate surface area is 134 Å². The summed E-state index contributed by atoms with van der Waals surface area (Å²) < 4.78 is 8.20. The Morgan fingerprint density at radius 3 is 2.50 bits per heavy atom. The molecule has 0 fully saturated rings. The largest absolute Gasteiger partial charge is 0.349 e. The van der Waals surface area contributed by atoms with E-state index in [1.165, 1.54) is 0 Å². The fraction of sp³-hybridized carbons (Fsp3) is 0.133. The molecule has 0 aromatic heterocycles. The van der Waals surface area contributed by atoms with E-state index in [0.29, 0.717) is 11.3 Å². The normalized spacial score (nSPS) is 13.7. The van der Waals surface area contributed by atoms with Gasteiger partial charge in [-0.25, -0.2) is 0 Å². The van der Waals surface area contributed by atoms with Crippen molar-refractivity contribution in [2.24, 2.45) is 0 Å². The van der Waals surface area contributed by atoms with Crippen LogP contribution < -0.4 is 5.32 Å². The Hall–Kier alpha value is -0.986. The summed E-state index contributed by atoms with van der Waals surface area (Å²) in [5.74, 6) is -1.68. The van der Waals surface area contributed by atoms with Gasteiger partial charge in [-0.15, -0.1) is 6.07 Å². The molecule has 3 heteroatoms. The molecule has 0 saturated carbocycles. The maximum absolute atomic E-state index is 12.1. The second-order valence-corrected chi connectivity index (χ2v) is 3.72. The second kappa shape index (κ2) is 7.45. The van der Waals surface area contributed by atoms with Crippen molar-refractivity contribution in [3.8, 4) is 0 Å². The Morgan fingerprint density at radius 1 is 1.22 bits per heavy atom. The number of rotatable bonds is 3. The summed E-state index contributed by atoms with van der Waals surface area (Å²) in [5.41, 5.74) is 1.25. The van der Waals surface area contributed by atoms with Gasteiger partial charge >= 0.3 is 0 Å². The molecule has 2 aromatic rings. The molecule has 1 unspecified atom stereocenters. The number of carbonyl (C=O) groups excluding carboxylic acids is 1. The molecule has 0 spiro atoms. The number of anilines is 1. The summed E-state index contributed by atoms with van der Waals surface area (Å²) in [6.45, 7) is 1.58. The van der Waals surface area contributed by atoms with Gasteiger partial charge in [-0.2, -0.15) is 24.3 Å². The number of amides is 1. The minimum absolute atomic E-state index is 0. The predicted octanol–water partition coefficient (Wildman–Crippen LogP) is 3.23. The molecular formula is C15H14NOY-. The van der Waals surface area contributed by atoms with Gasteiger partial charge in [0, 0.05) is 34.1 Å². The van der Waals surface area contributed by atoms with Crippen LogP contribution in [-0.2, 0) is 37.5 Å². The van der Waals surface area contributed by atoms with Crippen LogP contribution in [0.25, 0.3) is 0 Å². The summed E-state index contributed by atoms with van der Waals surface area (Å²) in [4.78, 5) is 12.1. The average Bonchev–Trinajstić information content (AvgIpc) is 2.41. The van der Waals surface area contributed by atoms with Crippen molar-refractivity contribution in [3.63, 3.8) is 0 Å². The average molecular weight is 314 g/mol. The minimum atomic E-state index is -1.31. The van der Waals surface area contributed by atoms with Gasteiger partial charge in [0.05, 0.1) is 5.89 Å². The first-order valence-corrected chi connectivity index (χ1v) is 5.44. The molecule has 0 aliphatic heterocycles. The zero-order valence-electron chi connectivity index (χ0n) is 11.2. The van der Waals surface area contributed by atoms with Gasteiger partial charge in [0.15, 0.2) is 0 Å². The van der Waals surface area contributed by atoms with Crippen LogP contribution in [0.1, 0.15) is 19.8 Å². The number of hydrogen-bond donors (Lipinski definition) is 1. The molecule has 1 N–H and O–H groups in total. The molecule has 89 valence electrons. The first-order chi connectivity index (χ1) is 8.60. The zero-order valence-corrected chi connectivity index (χ0v) is 13.0. The van der Waals surface area contributed by atoms with E-state index in [-0.39, 0.29) is 38.6 Å². The van der Waals surface area contributed by atoms with E-state index in [1.807, 2.05) is 30.3 Å². The van der Waals surface area contributed by atoms with Crippen LogP contribution in [0, 0.1) is 6.07 Å². The molecule has 1 radical (unpaired) electrons. The first-order valence-electron chi connectivity index (χ1n) is 5.94. The van der Waals surface area contributed by atoms with Crippen molar-refractivity contribution in [1.82, 2.24) is 0 Å². The molecule has 2 nitrogen and oxygen atoms in total. The third-order valence-electron chi connectivity index (χ3n) is 2.50. The van der Waals surface area contributed by atoms with Crippen LogP contribution in [0.2, 0.25) is 0 Å². The van der Waals surface area contributed by atoms with Gasteiger partial charge < -0.3 is 5.32 Å². The van der Waals surface area contributed by atoms with Crippen molar-refractivity contribution in [2.45, 2.75) is 12.8 Å². The van der Waals surface area contributed by atoms with Crippen LogP contribution in [-0.4, -0.2) is 5.91 Å². The van der Waals surface area contributed by atoms with E-state index in [4.69, 9.17) is 1.37 Å². The van der Waals surface area contributed by atoms with Crippen LogP contribution in [0.5, 0.6) is 0 Å². The SMILES string of the molecule is [2H]C(C)(C(=O)Nc1[c-]cccc1)c1ccccc1.[Y]. The molecule has 1 atom stereocenters. The second-order valence-electron chi connectivity index (χ2n) is 3.72. The summed E-state index contributed by atoms with van der Waals surface area (Å²) in [6.07, 6.45) is 0. The number of benzene rings is 2. The predicted molar refractivity (Wildman–Crippen MR) is 68.8 cm³/mol. The Morgan fingerprint density at radius 2 is 1.89 bits per heavy atom. The van der Waals surface area contributed by atoms with E-state index in [9.17, 15) is 4.79 Å². The molecule has 2 rings (SSSR count). The van der Waals surface area contributed by atoms with Crippen LogP contribution in [0.4, 0.5) is 5.69 Å². The molecule has 0 aliphatic rings. The summed E-state index contributed by atoms with van der Waals surface area (Å²) in [5, 5.41) is 2.70. The molecule has 0 aliphatic carbocycles. The van der Waals surface area contributed by atoms with Crippen molar-refractivity contribution >= 4 is 11.6 Å². The first kappa shape index (κ1) is 13.4. The van der Waals surface area contributed by atoms with Crippen molar-refractivity contribution in [1.29, 1.82) is 0 Å². The number of para-hydroxylation sites is 1. The Balaban J connectivity index is 0.00000180. The number of hydrogen-bond acceptors (Lipinski definition) is 1. The van der Waals surface area contributed by atoms with Gasteiger partial charge in [-0.3, -0.25) is 4.79 Å². The van der Waals surface area contributed by atoms with Gasteiger partial charge in [0.1, 0.15) is 0 Å². The summed E-state index contributed by atoms with van der Waals surface area (Å²) in [7, 11) is 0. The van der Waals surface area contributed by atoms with Crippen molar-refractivity contribution < 1.29 is 38.9 Å². The third-order valence-corrected chi connectivity index (χ3v) is 2.50. The fourth-order valence-corrected chi connectivity index (χ4v) is 1.51. The standard InChI is InChI=1S/C15H14NO.Y/c1-12(13-8-4-2-5-9-13)15(17)16-14-10-6-3-7-11-14;/h2-10,12H,1H3,(H,16,17);/q-1;/i12D;. The van der Waals surface area contributed by atoms with Crippen molar-refractivity contribution in [2.75, 3.05) is 5.32 Å². The molecule has 18 heavy (non-hydrogen) atoms. The van der Waals surface area contributed by atoms with Crippen LogP contribution >= 0.6 is 0 Å². The summed E-state index contributed by atoms with van der Waals surface area (Å²) >= 11 is 0. The minimum Gasteiger partial charge on any atom is -0.349 e. The smallest absolute Gasteiger partial charge is 0.229 e. The van der Waals surface area contributed by atoms with E-state index < -0.39 is 5.89 Å². The molecule has 2 aromatic carbocycles. The van der Waals surface area contributed by atoms with Crippen LogP contribution in [0.15, 0.2) is 54.6 Å². The fourth-order valence-electron chi connectivity index (χ4n) is 1.51. The van der Waals surface area contributed by atoms with Crippen LogP contribution in [0.3, 0.4) is 0 Å². The van der Waals surface area contributed by atoms with E-state index in [1.54, 1.807) is 31.2 Å². The number of nitrogens with one attached hydrogen (secondary N) is 1.